The Hall–Kier alpha value is -2.75. The number of hydrogen-bond donors (Lipinski definition) is 1. The largest absolute Gasteiger partial charge is 0.433 e. The molecule has 0 saturated carbocycles. The van der Waals surface area contributed by atoms with Crippen molar-refractivity contribution in [2.24, 2.45) is 0 Å². The Kier molecular flexibility index (Phi) is 3.83. The van der Waals surface area contributed by atoms with Crippen LogP contribution in [0.2, 0.25) is 0 Å². The zero-order valence-electron chi connectivity index (χ0n) is 9.55. The summed E-state index contributed by atoms with van der Waals surface area (Å²) in [6.45, 7) is -2.93. The van der Waals surface area contributed by atoms with E-state index in [1.165, 1.54) is 24.5 Å². The van der Waals surface area contributed by atoms with E-state index in [4.69, 9.17) is 5.26 Å². The lowest BCUT2D eigenvalue weighted by molar-refractivity contribution is -0.0493. The number of benzene rings is 1. The third kappa shape index (κ3) is 3.13. The number of nitriles is 1. The fourth-order valence-electron chi connectivity index (χ4n) is 1.41. The highest BCUT2D eigenvalue weighted by Gasteiger charge is 2.11. The summed E-state index contributed by atoms with van der Waals surface area (Å²) in [4.78, 5) is 7.73. The summed E-state index contributed by atoms with van der Waals surface area (Å²) in [5.41, 5.74) is 0.342. The van der Waals surface area contributed by atoms with Gasteiger partial charge >= 0.3 is 6.61 Å². The van der Waals surface area contributed by atoms with Gasteiger partial charge in [-0.1, -0.05) is 12.1 Å². The highest BCUT2D eigenvalue weighted by Crippen LogP contribution is 2.28. The van der Waals surface area contributed by atoms with Gasteiger partial charge in [0.05, 0.1) is 5.69 Å². The molecule has 0 fully saturated rings. The van der Waals surface area contributed by atoms with Gasteiger partial charge in [0.1, 0.15) is 11.8 Å². The monoisotopic (exact) mass is 262 g/mol. The number of rotatable bonds is 4. The number of halogens is 2. The molecule has 1 aromatic heterocycles. The van der Waals surface area contributed by atoms with E-state index in [-0.39, 0.29) is 22.9 Å². The molecule has 0 aliphatic carbocycles. The van der Waals surface area contributed by atoms with Crippen molar-refractivity contribution < 1.29 is 13.5 Å². The van der Waals surface area contributed by atoms with Gasteiger partial charge in [-0.3, -0.25) is 0 Å². The fraction of sp³-hybridized carbons (Fsp3) is 0.0833. The van der Waals surface area contributed by atoms with Crippen LogP contribution in [-0.2, 0) is 0 Å². The first-order valence-corrected chi connectivity index (χ1v) is 5.22. The SMILES string of the molecule is N#Cc1nccnc1Nc1ccccc1OC(F)F. The molecule has 19 heavy (non-hydrogen) atoms. The number of nitrogens with zero attached hydrogens (tertiary/aromatic N) is 3. The van der Waals surface area contributed by atoms with Crippen LogP contribution in [0.4, 0.5) is 20.3 Å². The highest BCUT2D eigenvalue weighted by molar-refractivity contribution is 5.66. The van der Waals surface area contributed by atoms with Crippen molar-refractivity contribution in [3.63, 3.8) is 0 Å². The molecule has 0 bridgehead atoms. The molecule has 0 radical (unpaired) electrons. The second-order valence-electron chi connectivity index (χ2n) is 3.37. The molecule has 0 spiro atoms. The average Bonchev–Trinajstić information content (AvgIpc) is 2.41. The van der Waals surface area contributed by atoms with E-state index in [9.17, 15) is 8.78 Å². The minimum absolute atomic E-state index is 0.0351. The van der Waals surface area contributed by atoms with E-state index in [1.807, 2.05) is 6.07 Å². The maximum atomic E-state index is 12.3. The molecule has 7 heteroatoms. The number of ether oxygens (including phenoxy) is 1. The zero-order valence-corrected chi connectivity index (χ0v) is 9.55. The molecule has 5 nitrogen and oxygen atoms in total. The van der Waals surface area contributed by atoms with Gasteiger partial charge in [-0.05, 0) is 12.1 Å². The second-order valence-corrected chi connectivity index (χ2v) is 3.37. The van der Waals surface area contributed by atoms with E-state index in [1.54, 1.807) is 12.1 Å². The van der Waals surface area contributed by atoms with Crippen LogP contribution in [0.25, 0.3) is 0 Å². The second kappa shape index (κ2) is 5.73. The van der Waals surface area contributed by atoms with Crippen LogP contribution in [0, 0.1) is 11.3 Å². The van der Waals surface area contributed by atoms with Crippen molar-refractivity contribution in [2.45, 2.75) is 6.61 Å². The van der Waals surface area contributed by atoms with Crippen molar-refractivity contribution >= 4 is 11.5 Å². The molecular formula is C12H8F2N4O. The molecular weight excluding hydrogens is 254 g/mol. The molecule has 1 heterocycles. The molecule has 1 aromatic carbocycles. The summed E-state index contributed by atoms with van der Waals surface area (Å²) in [6, 6.07) is 7.97. The predicted molar refractivity (Wildman–Crippen MR) is 63.1 cm³/mol. The van der Waals surface area contributed by atoms with Gasteiger partial charge in [-0.25, -0.2) is 9.97 Å². The summed E-state index contributed by atoms with van der Waals surface area (Å²) in [5, 5.41) is 11.6. The van der Waals surface area contributed by atoms with Crippen molar-refractivity contribution in [3.8, 4) is 11.8 Å². The maximum absolute atomic E-state index is 12.3. The summed E-state index contributed by atoms with van der Waals surface area (Å²) >= 11 is 0. The minimum atomic E-state index is -2.93. The number of nitrogens with one attached hydrogen (secondary N) is 1. The molecule has 0 aliphatic heterocycles. The zero-order chi connectivity index (χ0) is 13.7. The average molecular weight is 262 g/mol. The molecule has 2 aromatic rings. The van der Waals surface area contributed by atoms with Crippen molar-refractivity contribution in [1.82, 2.24) is 9.97 Å². The Morgan fingerprint density at radius 2 is 1.95 bits per heavy atom. The number of anilines is 2. The molecule has 0 atom stereocenters. The van der Waals surface area contributed by atoms with E-state index < -0.39 is 6.61 Å². The first-order chi connectivity index (χ1) is 9.20. The van der Waals surface area contributed by atoms with Crippen LogP contribution in [0.1, 0.15) is 5.69 Å². The van der Waals surface area contributed by atoms with E-state index in [2.05, 4.69) is 20.0 Å². The fourth-order valence-corrected chi connectivity index (χ4v) is 1.41. The summed E-state index contributed by atoms with van der Waals surface area (Å²) in [7, 11) is 0. The third-order valence-electron chi connectivity index (χ3n) is 2.16. The quantitative estimate of drug-likeness (QED) is 0.917. The molecule has 0 unspecified atom stereocenters. The normalized spacial score (nSPS) is 10.0. The van der Waals surface area contributed by atoms with Gasteiger partial charge in [0.15, 0.2) is 11.5 Å². The lowest BCUT2D eigenvalue weighted by Crippen LogP contribution is -2.05. The minimum Gasteiger partial charge on any atom is -0.433 e. The van der Waals surface area contributed by atoms with Crippen molar-refractivity contribution in [2.75, 3.05) is 5.32 Å². The number of para-hydroxylation sites is 2. The Morgan fingerprint density at radius 3 is 2.68 bits per heavy atom. The van der Waals surface area contributed by atoms with Gasteiger partial charge in [-0.15, -0.1) is 0 Å². The molecule has 0 saturated heterocycles. The Morgan fingerprint density at radius 1 is 1.21 bits per heavy atom. The highest BCUT2D eigenvalue weighted by atomic mass is 19.3. The predicted octanol–water partition coefficient (Wildman–Crippen LogP) is 2.69. The molecule has 0 amide bonds. The molecule has 0 aliphatic rings. The summed E-state index contributed by atoms with van der Waals surface area (Å²) in [6.07, 6.45) is 2.76. The van der Waals surface area contributed by atoms with Crippen LogP contribution >= 0.6 is 0 Å². The maximum Gasteiger partial charge on any atom is 0.387 e. The number of hydrogen-bond acceptors (Lipinski definition) is 5. The Bertz CT molecular complexity index is 613. The van der Waals surface area contributed by atoms with Crippen LogP contribution < -0.4 is 10.1 Å². The van der Waals surface area contributed by atoms with Gasteiger partial charge in [0.2, 0.25) is 0 Å². The van der Waals surface area contributed by atoms with Crippen LogP contribution in [0.3, 0.4) is 0 Å². The van der Waals surface area contributed by atoms with E-state index in [0.29, 0.717) is 0 Å². The standard InChI is InChI=1S/C12H8F2N4O/c13-12(14)19-10-4-2-1-3-8(10)18-11-9(7-15)16-5-6-17-11/h1-6,12H,(H,17,18). The summed E-state index contributed by atoms with van der Waals surface area (Å²) in [5.74, 6) is 0.141. The number of alkyl halides is 2. The van der Waals surface area contributed by atoms with E-state index >= 15 is 0 Å². The smallest absolute Gasteiger partial charge is 0.387 e. The lowest BCUT2D eigenvalue weighted by Gasteiger charge is -2.12. The summed E-state index contributed by atoms with van der Waals surface area (Å²) < 4.78 is 28.9. The van der Waals surface area contributed by atoms with Crippen molar-refractivity contribution in [3.05, 3.63) is 42.4 Å². The first kappa shape index (κ1) is 12.7. The van der Waals surface area contributed by atoms with Crippen LogP contribution in [0.5, 0.6) is 5.75 Å². The van der Waals surface area contributed by atoms with E-state index in [0.717, 1.165) is 0 Å². The third-order valence-corrected chi connectivity index (χ3v) is 2.16. The van der Waals surface area contributed by atoms with Gasteiger partial charge < -0.3 is 10.1 Å². The van der Waals surface area contributed by atoms with Crippen molar-refractivity contribution in [1.29, 1.82) is 5.26 Å². The molecule has 96 valence electrons. The first-order valence-electron chi connectivity index (χ1n) is 5.22. The lowest BCUT2D eigenvalue weighted by atomic mass is 10.3. The van der Waals surface area contributed by atoms with Gasteiger partial charge in [0.25, 0.3) is 0 Å². The van der Waals surface area contributed by atoms with Gasteiger partial charge in [-0.2, -0.15) is 14.0 Å². The number of aromatic nitrogens is 2. The topological polar surface area (TPSA) is 70.8 Å². The Labute approximate surface area is 107 Å². The molecule has 1 N–H and O–H groups in total. The van der Waals surface area contributed by atoms with Crippen LogP contribution in [0.15, 0.2) is 36.7 Å². The Balaban J connectivity index is 2.31. The molecule has 2 rings (SSSR count). The van der Waals surface area contributed by atoms with Crippen LogP contribution in [-0.4, -0.2) is 16.6 Å². The van der Waals surface area contributed by atoms with Gasteiger partial charge in [0, 0.05) is 12.4 Å².